The number of hydrogen-bond acceptors (Lipinski definition) is 3. The number of carbonyl (C=O) groups excluding carboxylic acids is 2. The van der Waals surface area contributed by atoms with Gasteiger partial charge in [0.2, 0.25) is 0 Å². The van der Waals surface area contributed by atoms with Gasteiger partial charge in [0.1, 0.15) is 0 Å². The van der Waals surface area contributed by atoms with Crippen LogP contribution in [0.5, 0.6) is 0 Å². The van der Waals surface area contributed by atoms with Crippen molar-refractivity contribution < 1.29 is 9.59 Å². The van der Waals surface area contributed by atoms with E-state index in [9.17, 15) is 9.59 Å². The largest absolute Gasteiger partial charge is 0.399 e. The van der Waals surface area contributed by atoms with Crippen LogP contribution in [-0.2, 0) is 0 Å². The van der Waals surface area contributed by atoms with Crippen LogP contribution in [0.3, 0.4) is 0 Å². The zero-order chi connectivity index (χ0) is 20.1. The van der Waals surface area contributed by atoms with E-state index in [1.165, 1.54) is 7.85 Å². The number of nitrogens with zero attached hydrogens (tertiary/aromatic N) is 3. The van der Waals surface area contributed by atoms with Crippen molar-refractivity contribution in [3.05, 3.63) is 84.9 Å². The van der Waals surface area contributed by atoms with Gasteiger partial charge in [0.05, 0.1) is 49.4 Å². The van der Waals surface area contributed by atoms with Gasteiger partial charge in [-0.2, -0.15) is 0 Å². The Balaban J connectivity index is 1.98. The number of amides is 4. The highest BCUT2D eigenvalue weighted by atomic mass is 79.9. The summed E-state index contributed by atoms with van der Waals surface area (Å²) in [7, 11) is 0. The number of imide groups is 1. The predicted octanol–water partition coefficient (Wildman–Crippen LogP) is 5.95. The Morgan fingerprint density at radius 3 is 1.39 bits per heavy atom. The molecule has 0 aliphatic rings. The third kappa shape index (κ3) is 4.35. The smallest absolute Gasteiger partial charge is 0.347 e. The minimum absolute atomic E-state index is 0.380. The van der Waals surface area contributed by atoms with Gasteiger partial charge in [-0.25, -0.2) is 22.3 Å². The molecule has 3 aromatic carbocycles. The zero-order valence-corrected chi connectivity index (χ0v) is 17.7. The van der Waals surface area contributed by atoms with Crippen molar-refractivity contribution >= 4 is 67.1 Å². The van der Waals surface area contributed by atoms with Crippen LogP contribution in [0.25, 0.3) is 0 Å². The van der Waals surface area contributed by atoms with Crippen molar-refractivity contribution in [1.29, 1.82) is 0 Å². The van der Waals surface area contributed by atoms with E-state index >= 15 is 0 Å². The van der Waals surface area contributed by atoms with Crippen molar-refractivity contribution in [3.8, 4) is 0 Å². The van der Waals surface area contributed by atoms with Gasteiger partial charge in [-0.05, 0) is 48.5 Å². The van der Waals surface area contributed by atoms with Crippen molar-refractivity contribution in [2.45, 2.75) is 0 Å². The first-order chi connectivity index (χ1) is 13.5. The monoisotopic (exact) mass is 502 g/mol. The number of nitrogen functional groups attached to an aromatic ring is 1. The van der Waals surface area contributed by atoms with Gasteiger partial charge in [0.15, 0.2) is 0 Å². The molecule has 8 heteroatoms. The number of anilines is 4. The van der Waals surface area contributed by atoms with Crippen LogP contribution in [0.1, 0.15) is 0 Å². The molecule has 3 aromatic rings. The molecule has 3 rings (SSSR count). The first kappa shape index (κ1) is 19.9. The molecular weight excluding hydrogens is 488 g/mol. The summed E-state index contributed by atoms with van der Waals surface area (Å²) in [5.74, 6) is 0. The van der Waals surface area contributed by atoms with E-state index in [0.29, 0.717) is 22.7 Å². The molecule has 0 aliphatic carbocycles. The number of urea groups is 2. The standard InChI is InChI=1S/C20H16Br2N4O2/c21-25(17-7-3-1-4-8-17)19(27)24(16-13-11-15(23)12-14-16)20(28)26(22)18-9-5-2-6-10-18/h1-14H,23H2. The van der Waals surface area contributed by atoms with Crippen LogP contribution < -0.4 is 18.5 Å². The van der Waals surface area contributed by atoms with Crippen LogP contribution in [-0.4, -0.2) is 12.1 Å². The first-order valence-corrected chi connectivity index (χ1v) is 9.66. The van der Waals surface area contributed by atoms with E-state index in [1.807, 2.05) is 12.1 Å². The summed E-state index contributed by atoms with van der Waals surface area (Å²) in [5.41, 5.74) is 7.83. The lowest BCUT2D eigenvalue weighted by Gasteiger charge is -2.28. The summed E-state index contributed by atoms with van der Waals surface area (Å²) in [5, 5.41) is 0. The Morgan fingerprint density at radius 1 is 0.607 bits per heavy atom. The molecule has 0 heterocycles. The van der Waals surface area contributed by atoms with Gasteiger partial charge in [-0.1, -0.05) is 36.4 Å². The SMILES string of the molecule is Nc1ccc(N(C(=O)N(Br)c2ccccc2)C(=O)N(Br)c2ccccc2)cc1. The molecule has 142 valence electrons. The van der Waals surface area contributed by atoms with E-state index in [0.717, 1.165) is 4.90 Å². The van der Waals surface area contributed by atoms with Gasteiger partial charge in [0.25, 0.3) is 0 Å². The Kier molecular flexibility index (Phi) is 6.33. The van der Waals surface area contributed by atoms with Crippen LogP contribution in [0, 0.1) is 0 Å². The number of para-hydroxylation sites is 2. The average molecular weight is 504 g/mol. The van der Waals surface area contributed by atoms with Crippen LogP contribution >= 0.6 is 32.3 Å². The van der Waals surface area contributed by atoms with E-state index in [-0.39, 0.29) is 0 Å². The highest BCUT2D eigenvalue weighted by molar-refractivity contribution is 9.10. The first-order valence-electron chi connectivity index (χ1n) is 8.24. The highest BCUT2D eigenvalue weighted by Crippen LogP contribution is 2.28. The lowest BCUT2D eigenvalue weighted by molar-refractivity contribution is 0.244. The lowest BCUT2D eigenvalue weighted by atomic mass is 10.2. The molecule has 6 nitrogen and oxygen atoms in total. The molecule has 0 unspecified atom stereocenters. The summed E-state index contributed by atoms with van der Waals surface area (Å²) in [4.78, 5) is 27.5. The van der Waals surface area contributed by atoms with E-state index in [1.54, 1.807) is 72.8 Å². The fraction of sp³-hybridized carbons (Fsp3) is 0. The molecule has 28 heavy (non-hydrogen) atoms. The molecule has 0 saturated heterocycles. The van der Waals surface area contributed by atoms with Crippen LogP contribution in [0.2, 0.25) is 0 Å². The lowest BCUT2D eigenvalue weighted by Crippen LogP contribution is -2.47. The number of carbonyl (C=O) groups is 2. The number of halogens is 2. The third-order valence-corrected chi connectivity index (χ3v) is 5.26. The summed E-state index contributed by atoms with van der Waals surface area (Å²) in [6.45, 7) is 0. The van der Waals surface area contributed by atoms with Crippen LogP contribution in [0.4, 0.5) is 32.3 Å². The second-order valence-corrected chi connectivity index (χ2v) is 7.14. The highest BCUT2D eigenvalue weighted by Gasteiger charge is 2.32. The fourth-order valence-corrected chi connectivity index (χ4v) is 3.23. The second kappa shape index (κ2) is 8.90. The number of nitrogens with two attached hydrogens (primary N) is 1. The number of benzene rings is 3. The molecule has 2 N–H and O–H groups in total. The molecule has 0 bridgehead atoms. The van der Waals surface area contributed by atoms with Crippen molar-refractivity contribution in [3.63, 3.8) is 0 Å². The third-order valence-electron chi connectivity index (χ3n) is 3.84. The van der Waals surface area contributed by atoms with Gasteiger partial charge < -0.3 is 5.73 Å². The Bertz CT molecular complexity index is 895. The molecule has 0 aliphatic heterocycles. The molecule has 0 saturated carbocycles. The summed E-state index contributed by atoms with van der Waals surface area (Å²) >= 11 is 6.54. The van der Waals surface area contributed by atoms with Crippen molar-refractivity contribution in [1.82, 2.24) is 0 Å². The second-order valence-electron chi connectivity index (χ2n) is 5.72. The van der Waals surface area contributed by atoms with Crippen molar-refractivity contribution in [2.75, 3.05) is 18.5 Å². The van der Waals surface area contributed by atoms with Gasteiger partial charge >= 0.3 is 12.1 Å². The molecule has 0 aromatic heterocycles. The molecule has 0 spiro atoms. The van der Waals surface area contributed by atoms with E-state index in [4.69, 9.17) is 5.73 Å². The summed E-state index contributed by atoms with van der Waals surface area (Å²) in [6, 6.07) is 23.2. The van der Waals surface area contributed by atoms with E-state index in [2.05, 4.69) is 32.3 Å². The van der Waals surface area contributed by atoms with E-state index < -0.39 is 12.1 Å². The quantitative estimate of drug-likeness (QED) is 0.354. The Hall–Kier alpha value is -2.84. The van der Waals surface area contributed by atoms with Gasteiger partial charge in [0, 0.05) is 5.69 Å². The summed E-state index contributed by atoms with van der Waals surface area (Å²) < 4.78 is 2.46. The number of rotatable bonds is 3. The molecule has 0 radical (unpaired) electrons. The fourth-order valence-electron chi connectivity index (χ4n) is 2.44. The molecule has 0 atom stereocenters. The normalized spacial score (nSPS) is 10.2. The minimum atomic E-state index is -0.582. The Labute approximate surface area is 179 Å². The molecular formula is C20H16Br2N4O2. The maximum absolute atomic E-state index is 13.2. The maximum atomic E-state index is 13.2. The Morgan fingerprint density at radius 2 is 1.00 bits per heavy atom. The van der Waals surface area contributed by atoms with Crippen LogP contribution in [0.15, 0.2) is 84.9 Å². The van der Waals surface area contributed by atoms with Gasteiger partial charge in [-0.3, -0.25) is 0 Å². The summed E-state index contributed by atoms with van der Waals surface area (Å²) in [6.07, 6.45) is 0. The molecule has 4 amide bonds. The topological polar surface area (TPSA) is 69.9 Å². The minimum Gasteiger partial charge on any atom is -0.399 e. The predicted molar refractivity (Wildman–Crippen MR) is 120 cm³/mol. The average Bonchev–Trinajstić information content (AvgIpc) is 2.75. The maximum Gasteiger partial charge on any atom is 0.347 e. The van der Waals surface area contributed by atoms with Gasteiger partial charge in [-0.15, -0.1) is 0 Å². The van der Waals surface area contributed by atoms with Crippen molar-refractivity contribution in [2.24, 2.45) is 0 Å². The molecule has 0 fully saturated rings. The zero-order valence-electron chi connectivity index (χ0n) is 14.6. The number of hydrogen-bond donors (Lipinski definition) is 1.